The molecule has 0 amide bonds. The van der Waals surface area contributed by atoms with E-state index in [1.807, 2.05) is 68.6 Å². The fourth-order valence-corrected chi connectivity index (χ4v) is 2.14. The van der Waals surface area contributed by atoms with Gasteiger partial charge in [-0.2, -0.15) is 0 Å². The molecule has 0 spiro atoms. The molecular formula is C16H32N4O. The van der Waals surface area contributed by atoms with Gasteiger partial charge in [-0.05, 0) is 20.9 Å². The van der Waals surface area contributed by atoms with E-state index in [4.69, 9.17) is 0 Å². The maximum absolute atomic E-state index is 12.4. The van der Waals surface area contributed by atoms with Crippen LogP contribution in [-0.2, 0) is 16.9 Å². The third-order valence-electron chi connectivity index (χ3n) is 4.14. The van der Waals surface area contributed by atoms with Crippen molar-refractivity contribution in [2.45, 2.75) is 67.5 Å². The number of nitrogens with zero attached hydrogens (tertiary/aromatic N) is 3. The summed E-state index contributed by atoms with van der Waals surface area (Å²) in [6.07, 6.45) is 1.91. The Labute approximate surface area is 129 Å². The van der Waals surface area contributed by atoms with Gasteiger partial charge in [0.1, 0.15) is 5.78 Å². The zero-order valence-electron chi connectivity index (χ0n) is 15.1. The number of Topliss-reactive ketones (excluding diaryl/α,β-unsaturated/α-hetero) is 1. The molecule has 0 radical (unpaired) electrons. The van der Waals surface area contributed by atoms with E-state index in [9.17, 15) is 4.79 Å². The van der Waals surface area contributed by atoms with Crippen LogP contribution in [0.15, 0.2) is 6.20 Å². The lowest BCUT2D eigenvalue weighted by molar-refractivity contribution is -0.136. The lowest BCUT2D eigenvalue weighted by atomic mass is 9.69. The molecule has 5 nitrogen and oxygen atoms in total. The van der Waals surface area contributed by atoms with Gasteiger partial charge in [0.15, 0.2) is 0 Å². The molecule has 21 heavy (non-hydrogen) atoms. The summed E-state index contributed by atoms with van der Waals surface area (Å²) in [7, 11) is 1.87. The Balaban J connectivity index is 0.00000191. The van der Waals surface area contributed by atoms with Crippen molar-refractivity contribution in [3.63, 3.8) is 0 Å². The van der Waals surface area contributed by atoms with Gasteiger partial charge in [-0.1, -0.05) is 46.8 Å². The topological polar surface area (TPSA) is 59.8 Å². The zero-order valence-corrected chi connectivity index (χ0v) is 15.1. The van der Waals surface area contributed by atoms with Crippen LogP contribution >= 0.6 is 0 Å². The van der Waals surface area contributed by atoms with Crippen molar-refractivity contribution in [1.29, 1.82) is 0 Å². The molecule has 1 rings (SSSR count). The highest BCUT2D eigenvalue weighted by Crippen LogP contribution is 2.39. The van der Waals surface area contributed by atoms with Crippen molar-refractivity contribution in [2.75, 3.05) is 7.05 Å². The molecule has 0 saturated heterocycles. The molecule has 122 valence electrons. The van der Waals surface area contributed by atoms with Crippen LogP contribution in [0.25, 0.3) is 0 Å². The van der Waals surface area contributed by atoms with E-state index in [-0.39, 0.29) is 11.7 Å². The van der Waals surface area contributed by atoms with Crippen molar-refractivity contribution >= 4 is 5.78 Å². The summed E-state index contributed by atoms with van der Waals surface area (Å²) in [6, 6.07) is 0. The predicted octanol–water partition coefficient (Wildman–Crippen LogP) is 3.01. The van der Waals surface area contributed by atoms with Gasteiger partial charge in [-0.3, -0.25) is 4.79 Å². The molecule has 1 aromatic rings. The van der Waals surface area contributed by atoms with Crippen molar-refractivity contribution in [2.24, 2.45) is 11.3 Å². The van der Waals surface area contributed by atoms with Gasteiger partial charge in [0.05, 0.1) is 17.4 Å². The normalized spacial score (nSPS) is 12.1. The smallest absolute Gasteiger partial charge is 0.143 e. The van der Waals surface area contributed by atoms with Crippen LogP contribution in [-0.4, -0.2) is 27.8 Å². The summed E-state index contributed by atoms with van der Waals surface area (Å²) in [6.45, 7) is 16.6. The predicted molar refractivity (Wildman–Crippen MR) is 87.1 cm³/mol. The molecule has 0 aliphatic carbocycles. The summed E-state index contributed by atoms with van der Waals surface area (Å²) >= 11 is 0. The molecule has 0 fully saturated rings. The Hall–Kier alpha value is -1.23. The van der Waals surface area contributed by atoms with E-state index in [1.165, 1.54) is 0 Å². The van der Waals surface area contributed by atoms with E-state index in [0.29, 0.717) is 6.54 Å². The summed E-state index contributed by atoms with van der Waals surface area (Å²) in [4.78, 5) is 12.4. The maximum atomic E-state index is 12.4. The van der Waals surface area contributed by atoms with Crippen LogP contribution in [0.4, 0.5) is 0 Å². The fourth-order valence-electron chi connectivity index (χ4n) is 2.14. The van der Waals surface area contributed by atoms with Gasteiger partial charge in [-0.25, -0.2) is 4.68 Å². The van der Waals surface area contributed by atoms with Gasteiger partial charge in [0, 0.05) is 17.9 Å². The SMILES string of the molecule is CC.CNCc1cn(C(C)(C)C(C)(C)C(=O)C(C)C)nn1. The average molecular weight is 296 g/mol. The first-order chi connectivity index (χ1) is 9.64. The highest BCUT2D eigenvalue weighted by molar-refractivity contribution is 5.86. The van der Waals surface area contributed by atoms with Gasteiger partial charge >= 0.3 is 0 Å². The van der Waals surface area contributed by atoms with Crippen LogP contribution < -0.4 is 5.32 Å². The largest absolute Gasteiger partial charge is 0.314 e. The second kappa shape index (κ2) is 7.69. The van der Waals surface area contributed by atoms with Crippen molar-refractivity contribution in [1.82, 2.24) is 20.3 Å². The van der Waals surface area contributed by atoms with Crippen molar-refractivity contribution in [3.8, 4) is 0 Å². The highest BCUT2D eigenvalue weighted by Gasteiger charge is 2.45. The Morgan fingerprint density at radius 3 is 2.24 bits per heavy atom. The van der Waals surface area contributed by atoms with Crippen molar-refractivity contribution < 1.29 is 4.79 Å². The number of hydrogen-bond donors (Lipinski definition) is 1. The highest BCUT2D eigenvalue weighted by atomic mass is 16.1. The number of ketones is 1. The van der Waals surface area contributed by atoms with E-state index in [1.54, 1.807) is 4.68 Å². The number of carbonyl (C=O) groups is 1. The average Bonchev–Trinajstić information content (AvgIpc) is 2.89. The molecule has 5 heteroatoms. The summed E-state index contributed by atoms with van der Waals surface area (Å²) in [5, 5.41) is 11.4. The van der Waals surface area contributed by atoms with Gasteiger partial charge in [0.2, 0.25) is 0 Å². The number of aromatic nitrogens is 3. The molecule has 1 N–H and O–H groups in total. The first-order valence-electron chi connectivity index (χ1n) is 7.75. The lowest BCUT2D eigenvalue weighted by Crippen LogP contribution is -2.49. The first-order valence-corrected chi connectivity index (χ1v) is 7.75. The molecule has 1 aromatic heterocycles. The minimum Gasteiger partial charge on any atom is -0.314 e. The molecule has 1 heterocycles. The summed E-state index contributed by atoms with van der Waals surface area (Å²) in [5.74, 6) is 0.248. The third-order valence-corrected chi connectivity index (χ3v) is 4.14. The quantitative estimate of drug-likeness (QED) is 0.876. The Morgan fingerprint density at radius 1 is 1.29 bits per heavy atom. The summed E-state index contributed by atoms with van der Waals surface area (Å²) in [5.41, 5.74) is -0.0533. The summed E-state index contributed by atoms with van der Waals surface area (Å²) < 4.78 is 1.81. The van der Waals surface area contributed by atoms with Gasteiger partial charge in [0.25, 0.3) is 0 Å². The monoisotopic (exact) mass is 296 g/mol. The van der Waals surface area contributed by atoms with Crippen LogP contribution in [0.2, 0.25) is 0 Å². The lowest BCUT2D eigenvalue weighted by Gasteiger charge is -2.41. The third kappa shape index (κ3) is 4.13. The minimum atomic E-state index is -0.508. The second-order valence-corrected chi connectivity index (χ2v) is 6.39. The van der Waals surface area contributed by atoms with E-state index in [0.717, 1.165) is 5.69 Å². The van der Waals surface area contributed by atoms with Gasteiger partial charge < -0.3 is 5.32 Å². The molecule has 0 saturated carbocycles. The Morgan fingerprint density at radius 2 is 1.81 bits per heavy atom. The fraction of sp³-hybridized carbons (Fsp3) is 0.812. The van der Waals surface area contributed by atoms with E-state index in [2.05, 4.69) is 15.6 Å². The number of carbonyl (C=O) groups excluding carboxylic acids is 1. The molecule has 0 unspecified atom stereocenters. The van der Waals surface area contributed by atoms with E-state index >= 15 is 0 Å². The standard InChI is InChI=1S/C14H26N4O.C2H6/c1-10(2)12(19)13(3,4)14(5,6)18-9-11(8-15-7)16-17-18;1-2/h9-10,15H,8H2,1-7H3;1-2H3. The molecule has 0 aliphatic rings. The molecule has 0 atom stereocenters. The molecule has 0 bridgehead atoms. The second-order valence-electron chi connectivity index (χ2n) is 6.39. The maximum Gasteiger partial charge on any atom is 0.143 e. The Kier molecular flexibility index (Phi) is 7.24. The van der Waals surface area contributed by atoms with Gasteiger partial charge in [-0.15, -0.1) is 5.10 Å². The van der Waals surface area contributed by atoms with Crippen LogP contribution in [0, 0.1) is 11.3 Å². The Bertz CT molecular complexity index is 447. The number of hydrogen-bond acceptors (Lipinski definition) is 4. The first kappa shape index (κ1) is 19.8. The molecule has 0 aliphatic heterocycles. The van der Waals surface area contributed by atoms with Crippen LogP contribution in [0.3, 0.4) is 0 Å². The number of rotatable bonds is 6. The zero-order chi connectivity index (χ0) is 16.8. The molecular weight excluding hydrogens is 264 g/mol. The molecule has 0 aromatic carbocycles. The van der Waals surface area contributed by atoms with Crippen LogP contribution in [0.5, 0.6) is 0 Å². The van der Waals surface area contributed by atoms with E-state index < -0.39 is 11.0 Å². The number of nitrogens with one attached hydrogen (secondary N) is 1. The van der Waals surface area contributed by atoms with Crippen molar-refractivity contribution in [3.05, 3.63) is 11.9 Å². The minimum absolute atomic E-state index is 0.00887. The van der Waals surface area contributed by atoms with Crippen LogP contribution in [0.1, 0.15) is 61.1 Å².